The molecule has 90 valence electrons. The fourth-order valence-corrected chi connectivity index (χ4v) is 2.16. The topological polar surface area (TPSA) is 22.4 Å². The van der Waals surface area contributed by atoms with E-state index in [1.54, 1.807) is 12.5 Å². The molecule has 2 nitrogen and oxygen atoms in total. The molecule has 0 aliphatic rings. The third kappa shape index (κ3) is 3.13. The van der Waals surface area contributed by atoms with Crippen molar-refractivity contribution >= 4 is 15.9 Å². The smallest absolute Gasteiger partial charge is 0.119 e. The van der Waals surface area contributed by atoms with Gasteiger partial charge < -0.3 is 9.15 Å². The van der Waals surface area contributed by atoms with Crippen LogP contribution in [0.15, 0.2) is 47.3 Å². The van der Waals surface area contributed by atoms with Gasteiger partial charge in [0.15, 0.2) is 0 Å². The van der Waals surface area contributed by atoms with Crippen molar-refractivity contribution in [1.82, 2.24) is 0 Å². The van der Waals surface area contributed by atoms with Crippen LogP contribution in [0.1, 0.15) is 29.8 Å². The minimum atomic E-state index is 0.161. The first-order valence-electron chi connectivity index (χ1n) is 5.59. The minimum Gasteiger partial charge on any atom is -0.491 e. The fraction of sp³-hybridized carbons (Fsp3) is 0.286. The summed E-state index contributed by atoms with van der Waals surface area (Å²) in [5.74, 6) is 0.899. The molecule has 1 heterocycles. The van der Waals surface area contributed by atoms with Crippen LogP contribution in [0.4, 0.5) is 0 Å². The van der Waals surface area contributed by atoms with Gasteiger partial charge in [-0.2, -0.15) is 0 Å². The molecule has 0 aliphatic heterocycles. The number of hydrogen-bond donors (Lipinski definition) is 0. The molecular formula is C14H15BrO2. The van der Waals surface area contributed by atoms with Gasteiger partial charge in [0.25, 0.3) is 0 Å². The van der Waals surface area contributed by atoms with Crippen molar-refractivity contribution in [2.45, 2.75) is 24.8 Å². The van der Waals surface area contributed by atoms with Gasteiger partial charge in [-0.25, -0.2) is 0 Å². The Bertz CT molecular complexity index is 446. The van der Waals surface area contributed by atoms with Crippen molar-refractivity contribution in [2.75, 3.05) is 0 Å². The maximum absolute atomic E-state index is 5.61. The molecular weight excluding hydrogens is 280 g/mol. The Kier molecular flexibility index (Phi) is 3.89. The molecule has 3 heteroatoms. The number of rotatable bonds is 4. The lowest BCUT2D eigenvalue weighted by Crippen LogP contribution is -2.05. The van der Waals surface area contributed by atoms with Gasteiger partial charge in [0.05, 0.1) is 23.5 Å². The number of ether oxygens (including phenoxy) is 1. The van der Waals surface area contributed by atoms with Gasteiger partial charge in [-0.15, -0.1) is 0 Å². The zero-order valence-corrected chi connectivity index (χ0v) is 11.5. The lowest BCUT2D eigenvalue weighted by molar-refractivity contribution is 0.242. The second-order valence-electron chi connectivity index (χ2n) is 4.15. The van der Waals surface area contributed by atoms with Crippen LogP contribution < -0.4 is 4.74 Å². The minimum absolute atomic E-state index is 0.161. The molecule has 1 aromatic carbocycles. The van der Waals surface area contributed by atoms with Crippen LogP contribution in [0.5, 0.6) is 5.75 Å². The zero-order chi connectivity index (χ0) is 12.3. The van der Waals surface area contributed by atoms with Crippen LogP contribution in [0.2, 0.25) is 0 Å². The summed E-state index contributed by atoms with van der Waals surface area (Å²) in [6.07, 6.45) is 3.63. The average molecular weight is 295 g/mol. The quantitative estimate of drug-likeness (QED) is 0.772. The van der Waals surface area contributed by atoms with E-state index in [2.05, 4.69) is 28.1 Å². The maximum atomic E-state index is 5.61. The van der Waals surface area contributed by atoms with Crippen molar-refractivity contribution in [3.63, 3.8) is 0 Å². The van der Waals surface area contributed by atoms with Crippen LogP contribution in [0, 0.1) is 0 Å². The number of benzene rings is 1. The SMILES string of the molecule is CC(C)Oc1ccc(C(Br)c2ccoc2)cc1. The van der Waals surface area contributed by atoms with Crippen LogP contribution in [0.25, 0.3) is 0 Å². The van der Waals surface area contributed by atoms with Gasteiger partial charge in [-0.3, -0.25) is 0 Å². The van der Waals surface area contributed by atoms with E-state index in [0.29, 0.717) is 0 Å². The molecule has 0 amide bonds. The standard InChI is InChI=1S/C14H15BrO2/c1-10(2)17-13-5-3-11(4-6-13)14(15)12-7-8-16-9-12/h3-10,14H,1-2H3. The normalized spacial score (nSPS) is 12.7. The lowest BCUT2D eigenvalue weighted by atomic mass is 10.1. The third-order valence-electron chi connectivity index (χ3n) is 2.38. The highest BCUT2D eigenvalue weighted by Crippen LogP contribution is 2.31. The molecule has 0 saturated carbocycles. The molecule has 0 bridgehead atoms. The summed E-state index contributed by atoms with van der Waals surface area (Å²) in [5, 5.41) is 0. The van der Waals surface area contributed by atoms with E-state index in [9.17, 15) is 0 Å². The van der Waals surface area contributed by atoms with E-state index >= 15 is 0 Å². The Morgan fingerprint density at radius 3 is 2.29 bits per heavy atom. The third-order valence-corrected chi connectivity index (χ3v) is 3.44. The highest BCUT2D eigenvalue weighted by atomic mass is 79.9. The largest absolute Gasteiger partial charge is 0.491 e. The van der Waals surface area contributed by atoms with Crippen molar-refractivity contribution < 1.29 is 9.15 Å². The van der Waals surface area contributed by atoms with Gasteiger partial charge in [0.2, 0.25) is 0 Å². The summed E-state index contributed by atoms with van der Waals surface area (Å²) in [7, 11) is 0. The summed E-state index contributed by atoms with van der Waals surface area (Å²) in [5.41, 5.74) is 2.30. The Morgan fingerprint density at radius 2 is 1.76 bits per heavy atom. The first kappa shape index (κ1) is 12.2. The number of hydrogen-bond acceptors (Lipinski definition) is 2. The van der Waals surface area contributed by atoms with Crippen molar-refractivity contribution in [3.8, 4) is 5.75 Å². The summed E-state index contributed by atoms with van der Waals surface area (Å²) >= 11 is 3.65. The fourth-order valence-electron chi connectivity index (χ4n) is 1.60. The zero-order valence-electron chi connectivity index (χ0n) is 9.89. The summed E-state index contributed by atoms with van der Waals surface area (Å²) < 4.78 is 10.7. The monoisotopic (exact) mass is 294 g/mol. The molecule has 0 fully saturated rings. The van der Waals surface area contributed by atoms with Gasteiger partial charge in [-0.1, -0.05) is 28.1 Å². The van der Waals surface area contributed by atoms with Crippen LogP contribution in [0.3, 0.4) is 0 Å². The first-order chi connectivity index (χ1) is 8.16. The Labute approximate surface area is 110 Å². The second kappa shape index (κ2) is 5.41. The Morgan fingerprint density at radius 1 is 1.06 bits per heavy atom. The summed E-state index contributed by atoms with van der Waals surface area (Å²) in [4.78, 5) is 0.161. The van der Waals surface area contributed by atoms with Crippen molar-refractivity contribution in [2.24, 2.45) is 0 Å². The highest BCUT2D eigenvalue weighted by molar-refractivity contribution is 9.09. The molecule has 0 spiro atoms. The molecule has 0 saturated heterocycles. The second-order valence-corrected chi connectivity index (χ2v) is 5.07. The van der Waals surface area contributed by atoms with E-state index in [1.807, 2.05) is 32.0 Å². The predicted molar refractivity (Wildman–Crippen MR) is 71.7 cm³/mol. The van der Waals surface area contributed by atoms with E-state index in [4.69, 9.17) is 9.15 Å². The van der Waals surface area contributed by atoms with Gasteiger partial charge >= 0.3 is 0 Å². The average Bonchev–Trinajstić information content (AvgIpc) is 2.82. The highest BCUT2D eigenvalue weighted by Gasteiger charge is 2.11. The van der Waals surface area contributed by atoms with Gasteiger partial charge in [0.1, 0.15) is 5.75 Å². The van der Waals surface area contributed by atoms with Gasteiger partial charge in [0, 0.05) is 5.56 Å². The molecule has 0 aliphatic carbocycles. The van der Waals surface area contributed by atoms with E-state index in [-0.39, 0.29) is 10.9 Å². The van der Waals surface area contributed by atoms with E-state index in [0.717, 1.165) is 11.3 Å². The molecule has 0 radical (unpaired) electrons. The Hall–Kier alpha value is -1.22. The van der Waals surface area contributed by atoms with Crippen LogP contribution >= 0.6 is 15.9 Å². The molecule has 1 atom stereocenters. The van der Waals surface area contributed by atoms with Crippen LogP contribution in [-0.4, -0.2) is 6.10 Å². The molecule has 1 unspecified atom stereocenters. The predicted octanol–water partition coefficient (Wildman–Crippen LogP) is 4.55. The van der Waals surface area contributed by atoms with E-state index < -0.39 is 0 Å². The molecule has 2 rings (SSSR count). The maximum Gasteiger partial charge on any atom is 0.119 e. The van der Waals surface area contributed by atoms with Crippen molar-refractivity contribution in [3.05, 3.63) is 54.0 Å². The molecule has 2 aromatic rings. The van der Waals surface area contributed by atoms with Crippen LogP contribution in [-0.2, 0) is 0 Å². The molecule has 0 N–H and O–H groups in total. The molecule has 1 aromatic heterocycles. The summed E-state index contributed by atoms with van der Waals surface area (Å²) in [6, 6.07) is 10.1. The summed E-state index contributed by atoms with van der Waals surface area (Å²) in [6.45, 7) is 4.04. The Balaban J connectivity index is 2.12. The lowest BCUT2D eigenvalue weighted by Gasteiger charge is -2.12. The molecule has 17 heavy (non-hydrogen) atoms. The number of halogens is 1. The van der Waals surface area contributed by atoms with E-state index in [1.165, 1.54) is 5.56 Å². The number of furan rings is 1. The number of alkyl halides is 1. The van der Waals surface area contributed by atoms with Gasteiger partial charge in [-0.05, 0) is 37.6 Å². The first-order valence-corrected chi connectivity index (χ1v) is 6.51. The van der Waals surface area contributed by atoms with Crippen molar-refractivity contribution in [1.29, 1.82) is 0 Å².